The van der Waals surface area contributed by atoms with Crippen molar-refractivity contribution in [3.05, 3.63) is 29.3 Å². The maximum atomic E-state index is 5.85. The molecule has 0 radical (unpaired) electrons. The molecule has 1 heterocycles. The molecule has 1 aliphatic rings. The van der Waals surface area contributed by atoms with Crippen molar-refractivity contribution in [2.45, 2.75) is 6.42 Å². The molecule has 3 heteroatoms. The SMILES string of the molecule is CN1CCCN(c2ccc(Cl)cc2)C1. The van der Waals surface area contributed by atoms with Gasteiger partial charge in [-0.25, -0.2) is 0 Å². The first-order valence-electron chi connectivity index (χ1n) is 4.95. The largest absolute Gasteiger partial charge is 0.358 e. The van der Waals surface area contributed by atoms with Crippen LogP contribution >= 0.6 is 11.6 Å². The fourth-order valence-electron chi connectivity index (χ4n) is 1.83. The number of nitrogens with zero attached hydrogens (tertiary/aromatic N) is 2. The highest BCUT2D eigenvalue weighted by molar-refractivity contribution is 6.30. The Morgan fingerprint density at radius 3 is 2.50 bits per heavy atom. The van der Waals surface area contributed by atoms with Crippen molar-refractivity contribution in [2.24, 2.45) is 0 Å². The molecule has 2 rings (SSSR count). The van der Waals surface area contributed by atoms with E-state index in [1.807, 2.05) is 12.1 Å². The normalized spacial score (nSPS) is 18.6. The van der Waals surface area contributed by atoms with Crippen LogP contribution in [0.25, 0.3) is 0 Å². The summed E-state index contributed by atoms with van der Waals surface area (Å²) in [6.07, 6.45) is 1.24. The van der Waals surface area contributed by atoms with Crippen LogP contribution in [-0.4, -0.2) is 31.7 Å². The van der Waals surface area contributed by atoms with Gasteiger partial charge in [-0.1, -0.05) is 11.6 Å². The number of hydrogen-bond donors (Lipinski definition) is 0. The fourth-order valence-corrected chi connectivity index (χ4v) is 1.95. The molecule has 0 aromatic heterocycles. The predicted molar refractivity (Wildman–Crippen MR) is 60.9 cm³/mol. The average Bonchev–Trinajstić information content (AvgIpc) is 2.19. The van der Waals surface area contributed by atoms with Gasteiger partial charge in [-0.15, -0.1) is 0 Å². The van der Waals surface area contributed by atoms with E-state index in [1.54, 1.807) is 0 Å². The van der Waals surface area contributed by atoms with E-state index in [1.165, 1.54) is 18.7 Å². The van der Waals surface area contributed by atoms with Crippen LogP contribution in [0.3, 0.4) is 0 Å². The third-order valence-corrected chi connectivity index (χ3v) is 2.82. The summed E-state index contributed by atoms with van der Waals surface area (Å²) in [7, 11) is 2.15. The first kappa shape index (κ1) is 9.81. The zero-order valence-electron chi connectivity index (χ0n) is 8.41. The molecule has 0 atom stereocenters. The summed E-state index contributed by atoms with van der Waals surface area (Å²) in [6.45, 7) is 3.36. The zero-order chi connectivity index (χ0) is 9.97. The lowest BCUT2D eigenvalue weighted by molar-refractivity contribution is 0.292. The molecule has 0 bridgehead atoms. The van der Waals surface area contributed by atoms with E-state index in [9.17, 15) is 0 Å². The van der Waals surface area contributed by atoms with E-state index in [0.29, 0.717) is 0 Å². The van der Waals surface area contributed by atoms with E-state index < -0.39 is 0 Å². The van der Waals surface area contributed by atoms with Crippen LogP contribution in [0.5, 0.6) is 0 Å². The van der Waals surface area contributed by atoms with Crippen LogP contribution in [0.15, 0.2) is 24.3 Å². The van der Waals surface area contributed by atoms with Crippen molar-refractivity contribution >= 4 is 17.3 Å². The second-order valence-electron chi connectivity index (χ2n) is 3.81. The van der Waals surface area contributed by atoms with Crippen LogP contribution in [-0.2, 0) is 0 Å². The molecule has 1 fully saturated rings. The van der Waals surface area contributed by atoms with E-state index in [0.717, 1.165) is 18.2 Å². The molecule has 1 aliphatic heterocycles. The van der Waals surface area contributed by atoms with E-state index >= 15 is 0 Å². The van der Waals surface area contributed by atoms with E-state index in [-0.39, 0.29) is 0 Å². The predicted octanol–water partition coefficient (Wildman–Crippen LogP) is 2.44. The highest BCUT2D eigenvalue weighted by Gasteiger charge is 2.13. The number of hydrogen-bond acceptors (Lipinski definition) is 2. The fraction of sp³-hybridized carbons (Fsp3) is 0.455. The molecule has 1 saturated heterocycles. The molecular formula is C11H15ClN2. The lowest BCUT2D eigenvalue weighted by Crippen LogP contribution is -2.42. The smallest absolute Gasteiger partial charge is 0.0704 e. The molecule has 0 aliphatic carbocycles. The van der Waals surface area contributed by atoms with Gasteiger partial charge >= 0.3 is 0 Å². The molecule has 0 saturated carbocycles. The van der Waals surface area contributed by atoms with Gasteiger partial charge in [0.1, 0.15) is 0 Å². The first-order valence-corrected chi connectivity index (χ1v) is 5.32. The van der Waals surface area contributed by atoms with E-state index in [2.05, 4.69) is 29.0 Å². The highest BCUT2D eigenvalue weighted by atomic mass is 35.5. The summed E-state index contributed by atoms with van der Waals surface area (Å²) >= 11 is 5.85. The van der Waals surface area contributed by atoms with Crippen molar-refractivity contribution in [3.8, 4) is 0 Å². The average molecular weight is 211 g/mol. The molecule has 0 amide bonds. The monoisotopic (exact) mass is 210 g/mol. The van der Waals surface area contributed by atoms with Gasteiger partial charge in [0.15, 0.2) is 0 Å². The molecule has 1 aromatic rings. The summed E-state index contributed by atoms with van der Waals surface area (Å²) in [5.74, 6) is 0. The number of rotatable bonds is 1. The Labute approximate surface area is 90.1 Å². The summed E-state index contributed by atoms with van der Waals surface area (Å²) in [6, 6.07) is 8.07. The van der Waals surface area contributed by atoms with Gasteiger partial charge in [0.2, 0.25) is 0 Å². The Morgan fingerprint density at radius 2 is 1.86 bits per heavy atom. The summed E-state index contributed by atoms with van der Waals surface area (Å²) < 4.78 is 0. The second-order valence-corrected chi connectivity index (χ2v) is 4.25. The minimum atomic E-state index is 0.805. The van der Waals surface area contributed by atoms with Gasteiger partial charge in [-0.2, -0.15) is 0 Å². The number of benzene rings is 1. The highest BCUT2D eigenvalue weighted by Crippen LogP contribution is 2.19. The van der Waals surface area contributed by atoms with Gasteiger partial charge in [-0.05, 0) is 37.7 Å². The van der Waals surface area contributed by atoms with Crippen molar-refractivity contribution in [1.29, 1.82) is 0 Å². The van der Waals surface area contributed by atoms with Crippen LogP contribution < -0.4 is 4.90 Å². The Bertz CT molecular complexity index is 297. The quantitative estimate of drug-likeness (QED) is 0.703. The maximum Gasteiger partial charge on any atom is 0.0704 e. The van der Waals surface area contributed by atoms with Crippen molar-refractivity contribution in [1.82, 2.24) is 4.90 Å². The van der Waals surface area contributed by atoms with Crippen molar-refractivity contribution in [2.75, 3.05) is 31.7 Å². The molecule has 0 N–H and O–H groups in total. The number of halogens is 1. The van der Waals surface area contributed by atoms with Gasteiger partial charge < -0.3 is 4.90 Å². The van der Waals surface area contributed by atoms with Crippen molar-refractivity contribution < 1.29 is 0 Å². The number of anilines is 1. The van der Waals surface area contributed by atoms with Crippen LogP contribution in [0.1, 0.15) is 6.42 Å². The molecular weight excluding hydrogens is 196 g/mol. The summed E-state index contributed by atoms with van der Waals surface area (Å²) in [4.78, 5) is 4.71. The van der Waals surface area contributed by atoms with Crippen LogP contribution in [0, 0.1) is 0 Å². The molecule has 76 valence electrons. The van der Waals surface area contributed by atoms with Crippen molar-refractivity contribution in [3.63, 3.8) is 0 Å². The summed E-state index contributed by atoms with van der Waals surface area (Å²) in [5, 5.41) is 0.805. The topological polar surface area (TPSA) is 6.48 Å². The second kappa shape index (κ2) is 4.20. The molecule has 0 unspecified atom stereocenters. The molecule has 14 heavy (non-hydrogen) atoms. The van der Waals surface area contributed by atoms with Gasteiger partial charge in [0, 0.05) is 23.8 Å². The third-order valence-electron chi connectivity index (χ3n) is 2.57. The molecule has 1 aromatic carbocycles. The zero-order valence-corrected chi connectivity index (χ0v) is 9.17. The van der Waals surface area contributed by atoms with Gasteiger partial charge in [-0.3, -0.25) is 4.90 Å². The third kappa shape index (κ3) is 2.20. The maximum absolute atomic E-state index is 5.85. The minimum Gasteiger partial charge on any atom is -0.358 e. The van der Waals surface area contributed by atoms with Gasteiger partial charge in [0.25, 0.3) is 0 Å². The molecule has 0 spiro atoms. The lowest BCUT2D eigenvalue weighted by Gasteiger charge is -2.34. The van der Waals surface area contributed by atoms with Crippen LogP contribution in [0.4, 0.5) is 5.69 Å². The molecule has 2 nitrogen and oxygen atoms in total. The minimum absolute atomic E-state index is 0.805. The van der Waals surface area contributed by atoms with E-state index in [4.69, 9.17) is 11.6 Å². The first-order chi connectivity index (χ1) is 6.75. The Balaban J connectivity index is 2.10. The lowest BCUT2D eigenvalue weighted by atomic mass is 10.2. The summed E-state index contributed by atoms with van der Waals surface area (Å²) in [5.41, 5.74) is 1.26. The van der Waals surface area contributed by atoms with Crippen LogP contribution in [0.2, 0.25) is 5.02 Å². The Kier molecular flexibility index (Phi) is 2.94. The standard InChI is InChI=1S/C11H15ClN2/c1-13-7-2-8-14(9-13)11-5-3-10(12)4-6-11/h3-6H,2,7-9H2,1H3. The Hall–Kier alpha value is -0.730. The Morgan fingerprint density at radius 1 is 1.14 bits per heavy atom. The van der Waals surface area contributed by atoms with Gasteiger partial charge in [0.05, 0.1) is 6.67 Å².